The third kappa shape index (κ3) is 3.48. The Morgan fingerprint density at radius 3 is 2.30 bits per heavy atom. The molecule has 0 bridgehead atoms. The van der Waals surface area contributed by atoms with Gasteiger partial charge in [0.2, 0.25) is 4.96 Å². The maximum absolute atomic E-state index is 11.1. The zero-order chi connectivity index (χ0) is 19.0. The van der Waals surface area contributed by atoms with Crippen molar-refractivity contribution in [3.63, 3.8) is 0 Å². The van der Waals surface area contributed by atoms with E-state index in [-0.39, 0.29) is 11.4 Å². The SMILES string of the molecule is O=[N+]([O-])c1cc(-c2nn3c(CN4CCCCC4)nnc3s2)cc([N+](=O)[O-])c1. The number of piperidine rings is 1. The van der Waals surface area contributed by atoms with E-state index in [0.29, 0.717) is 27.9 Å². The first kappa shape index (κ1) is 17.4. The predicted octanol–water partition coefficient (Wildman–Crippen LogP) is 2.66. The monoisotopic (exact) mass is 389 g/mol. The van der Waals surface area contributed by atoms with Gasteiger partial charge >= 0.3 is 0 Å². The van der Waals surface area contributed by atoms with Gasteiger partial charge in [0.15, 0.2) is 5.82 Å². The minimum absolute atomic E-state index is 0.315. The highest BCUT2D eigenvalue weighted by molar-refractivity contribution is 7.19. The Balaban J connectivity index is 1.70. The van der Waals surface area contributed by atoms with Gasteiger partial charge in [-0.3, -0.25) is 25.1 Å². The van der Waals surface area contributed by atoms with Crippen molar-refractivity contribution < 1.29 is 9.85 Å². The topological polar surface area (TPSA) is 133 Å². The fourth-order valence-electron chi connectivity index (χ4n) is 3.12. The lowest BCUT2D eigenvalue weighted by molar-refractivity contribution is -0.394. The Bertz CT molecular complexity index is 992. The van der Waals surface area contributed by atoms with Gasteiger partial charge in [-0.25, -0.2) is 0 Å². The van der Waals surface area contributed by atoms with Crippen molar-refractivity contribution in [3.05, 3.63) is 44.3 Å². The van der Waals surface area contributed by atoms with Crippen LogP contribution in [0.5, 0.6) is 0 Å². The van der Waals surface area contributed by atoms with Crippen LogP contribution in [0, 0.1) is 20.2 Å². The lowest BCUT2D eigenvalue weighted by Crippen LogP contribution is -2.30. The highest BCUT2D eigenvalue weighted by Gasteiger charge is 2.21. The largest absolute Gasteiger partial charge is 0.296 e. The summed E-state index contributed by atoms with van der Waals surface area (Å²) in [7, 11) is 0. The van der Waals surface area contributed by atoms with Crippen molar-refractivity contribution in [2.75, 3.05) is 13.1 Å². The molecule has 12 heteroatoms. The molecular weight excluding hydrogens is 374 g/mol. The fraction of sp³-hybridized carbons (Fsp3) is 0.400. The second kappa shape index (κ2) is 6.96. The summed E-state index contributed by atoms with van der Waals surface area (Å²) in [6.45, 7) is 2.63. The highest BCUT2D eigenvalue weighted by atomic mass is 32.1. The summed E-state index contributed by atoms with van der Waals surface area (Å²) in [5.74, 6) is 0.689. The molecule has 0 radical (unpaired) electrons. The Hall–Kier alpha value is -2.99. The Kier molecular flexibility index (Phi) is 4.49. The van der Waals surface area contributed by atoms with Crippen molar-refractivity contribution >= 4 is 27.7 Å². The van der Waals surface area contributed by atoms with Crippen molar-refractivity contribution in [1.29, 1.82) is 0 Å². The number of benzene rings is 1. The summed E-state index contributed by atoms with van der Waals surface area (Å²) in [4.78, 5) is 23.7. The molecule has 1 fully saturated rings. The molecule has 0 aliphatic carbocycles. The molecule has 2 aromatic heterocycles. The maximum Gasteiger partial charge on any atom is 0.277 e. The Labute approximate surface area is 156 Å². The van der Waals surface area contributed by atoms with Crippen molar-refractivity contribution in [2.24, 2.45) is 0 Å². The molecular formula is C15H15N7O4S. The third-order valence-corrected chi connectivity index (χ3v) is 5.39. The van der Waals surface area contributed by atoms with Crippen LogP contribution in [-0.2, 0) is 6.54 Å². The number of aromatic nitrogens is 4. The van der Waals surface area contributed by atoms with Crippen LogP contribution in [0.25, 0.3) is 15.5 Å². The first-order chi connectivity index (χ1) is 13.0. The van der Waals surface area contributed by atoms with Gasteiger partial charge in [0, 0.05) is 17.7 Å². The van der Waals surface area contributed by atoms with Crippen molar-refractivity contribution in [1.82, 2.24) is 24.7 Å². The number of nitro groups is 2. The number of non-ortho nitro benzene ring substituents is 2. The zero-order valence-corrected chi connectivity index (χ0v) is 15.0. The van der Waals surface area contributed by atoms with E-state index >= 15 is 0 Å². The van der Waals surface area contributed by atoms with Crippen LogP contribution in [0.3, 0.4) is 0 Å². The number of nitro benzene ring substituents is 2. The summed E-state index contributed by atoms with van der Waals surface area (Å²) >= 11 is 1.19. The lowest BCUT2D eigenvalue weighted by Gasteiger charge is -2.25. The van der Waals surface area contributed by atoms with Gasteiger partial charge in [0.1, 0.15) is 5.01 Å². The van der Waals surface area contributed by atoms with E-state index in [1.54, 1.807) is 4.52 Å². The van der Waals surface area contributed by atoms with E-state index in [4.69, 9.17) is 0 Å². The van der Waals surface area contributed by atoms with E-state index in [9.17, 15) is 20.2 Å². The number of hydrogen-bond donors (Lipinski definition) is 0. The third-order valence-electron chi connectivity index (χ3n) is 4.44. The first-order valence-corrected chi connectivity index (χ1v) is 9.20. The number of likely N-dealkylation sites (tertiary alicyclic amines) is 1. The fourth-order valence-corrected chi connectivity index (χ4v) is 3.97. The molecule has 4 rings (SSSR count). The molecule has 1 aliphatic rings. The molecule has 1 aromatic carbocycles. The summed E-state index contributed by atoms with van der Waals surface area (Å²) in [5, 5.41) is 35.3. The average Bonchev–Trinajstić information content (AvgIpc) is 3.24. The van der Waals surface area contributed by atoms with Crippen LogP contribution in [-0.4, -0.2) is 47.6 Å². The molecule has 0 saturated carbocycles. The molecule has 3 heterocycles. The minimum Gasteiger partial charge on any atom is -0.296 e. The predicted molar refractivity (Wildman–Crippen MR) is 96.5 cm³/mol. The van der Waals surface area contributed by atoms with Gasteiger partial charge in [-0.2, -0.15) is 9.61 Å². The van der Waals surface area contributed by atoms with Gasteiger partial charge in [0.05, 0.1) is 22.5 Å². The summed E-state index contributed by atoms with van der Waals surface area (Å²) in [6, 6.07) is 3.50. The van der Waals surface area contributed by atoms with Gasteiger partial charge in [-0.1, -0.05) is 17.8 Å². The second-order valence-corrected chi connectivity index (χ2v) is 7.26. The van der Waals surface area contributed by atoms with Gasteiger partial charge in [-0.05, 0) is 25.9 Å². The Morgan fingerprint density at radius 1 is 1.00 bits per heavy atom. The number of hydrogen-bond acceptors (Lipinski definition) is 9. The van der Waals surface area contributed by atoms with Gasteiger partial charge < -0.3 is 0 Å². The molecule has 27 heavy (non-hydrogen) atoms. The Morgan fingerprint density at radius 2 is 1.67 bits per heavy atom. The molecule has 11 nitrogen and oxygen atoms in total. The number of nitrogens with zero attached hydrogens (tertiary/aromatic N) is 7. The van der Waals surface area contributed by atoms with Crippen LogP contribution < -0.4 is 0 Å². The molecule has 0 N–H and O–H groups in total. The molecule has 0 atom stereocenters. The highest BCUT2D eigenvalue weighted by Crippen LogP contribution is 2.32. The molecule has 1 saturated heterocycles. The van der Waals surface area contributed by atoms with Crippen LogP contribution in [0.15, 0.2) is 18.2 Å². The standard InChI is InChI=1S/C15H15N7O4S/c23-21(24)11-6-10(7-12(8-11)22(25)26)14-18-20-13(16-17-15(20)27-14)9-19-4-2-1-3-5-19/h6-8H,1-5,9H2. The summed E-state index contributed by atoms with van der Waals surface area (Å²) in [5.41, 5.74) is -0.382. The molecule has 0 spiro atoms. The normalized spacial score (nSPS) is 15.3. The van der Waals surface area contributed by atoms with E-state index in [1.807, 2.05) is 0 Å². The number of fused-ring (bicyclic) bond motifs is 1. The lowest BCUT2D eigenvalue weighted by atomic mass is 10.1. The van der Waals surface area contributed by atoms with Crippen LogP contribution in [0.1, 0.15) is 25.1 Å². The molecule has 140 valence electrons. The van der Waals surface area contributed by atoms with E-state index in [1.165, 1.54) is 29.9 Å². The van der Waals surface area contributed by atoms with Crippen molar-refractivity contribution in [2.45, 2.75) is 25.8 Å². The van der Waals surface area contributed by atoms with Gasteiger partial charge in [-0.15, -0.1) is 10.2 Å². The molecule has 0 unspecified atom stereocenters. The molecule has 3 aromatic rings. The smallest absolute Gasteiger partial charge is 0.277 e. The van der Waals surface area contributed by atoms with Crippen LogP contribution in [0.2, 0.25) is 0 Å². The van der Waals surface area contributed by atoms with Crippen molar-refractivity contribution in [3.8, 4) is 10.6 Å². The zero-order valence-electron chi connectivity index (χ0n) is 14.1. The summed E-state index contributed by atoms with van der Waals surface area (Å²) < 4.78 is 1.61. The summed E-state index contributed by atoms with van der Waals surface area (Å²) in [6.07, 6.45) is 3.54. The maximum atomic E-state index is 11.1. The van der Waals surface area contributed by atoms with E-state index in [2.05, 4.69) is 20.2 Å². The average molecular weight is 389 g/mol. The van der Waals surface area contributed by atoms with Crippen LogP contribution >= 0.6 is 11.3 Å². The van der Waals surface area contributed by atoms with E-state index in [0.717, 1.165) is 32.0 Å². The van der Waals surface area contributed by atoms with Gasteiger partial charge in [0.25, 0.3) is 11.4 Å². The minimum atomic E-state index is -0.654. The van der Waals surface area contributed by atoms with E-state index < -0.39 is 9.85 Å². The van der Waals surface area contributed by atoms with Crippen LogP contribution in [0.4, 0.5) is 11.4 Å². The molecule has 0 amide bonds. The number of rotatable bonds is 5. The second-order valence-electron chi connectivity index (χ2n) is 6.31. The molecule has 1 aliphatic heterocycles. The quantitative estimate of drug-likeness (QED) is 0.480. The first-order valence-electron chi connectivity index (χ1n) is 8.39.